The Hall–Kier alpha value is -1.51. The van der Waals surface area contributed by atoms with E-state index in [0.717, 1.165) is 43.1 Å². The van der Waals surface area contributed by atoms with Gasteiger partial charge >= 0.3 is 6.03 Å². The zero-order chi connectivity index (χ0) is 13.1. The molecule has 1 aliphatic heterocycles. The van der Waals surface area contributed by atoms with Crippen LogP contribution in [-0.2, 0) is 0 Å². The lowest BCUT2D eigenvalue weighted by Gasteiger charge is -2.30. The molecule has 3 nitrogen and oxygen atoms in total. The van der Waals surface area contributed by atoms with E-state index in [2.05, 4.69) is 25.2 Å². The van der Waals surface area contributed by atoms with Crippen molar-refractivity contribution in [2.24, 2.45) is 5.92 Å². The lowest BCUT2D eigenvalue weighted by Crippen LogP contribution is -2.40. The number of hydrogen-bond acceptors (Lipinski definition) is 1. The van der Waals surface area contributed by atoms with Gasteiger partial charge in [0.05, 0.1) is 0 Å². The molecule has 1 fully saturated rings. The van der Waals surface area contributed by atoms with Crippen molar-refractivity contribution in [1.29, 1.82) is 0 Å². The third-order valence-corrected chi connectivity index (χ3v) is 3.92. The number of hydrogen-bond donors (Lipinski definition) is 1. The number of nitrogens with one attached hydrogen (secondary N) is 1. The van der Waals surface area contributed by atoms with E-state index in [9.17, 15) is 4.79 Å². The van der Waals surface area contributed by atoms with Gasteiger partial charge in [-0.1, -0.05) is 19.1 Å². The van der Waals surface area contributed by atoms with Crippen molar-refractivity contribution in [3.05, 3.63) is 29.3 Å². The third kappa shape index (κ3) is 2.84. The number of carbonyl (C=O) groups excluding carboxylic acids is 1. The summed E-state index contributed by atoms with van der Waals surface area (Å²) >= 11 is 0. The SMILES string of the molecule is Cc1cccc(NC(=O)N2CCC(C)CC2)c1C. The van der Waals surface area contributed by atoms with Gasteiger partial charge in [-0.05, 0) is 49.8 Å². The van der Waals surface area contributed by atoms with E-state index in [1.165, 1.54) is 5.56 Å². The van der Waals surface area contributed by atoms with Crippen molar-refractivity contribution in [2.45, 2.75) is 33.6 Å². The van der Waals surface area contributed by atoms with E-state index in [1.54, 1.807) is 0 Å². The van der Waals surface area contributed by atoms with E-state index in [4.69, 9.17) is 0 Å². The minimum absolute atomic E-state index is 0.0376. The molecule has 1 aromatic rings. The number of benzene rings is 1. The maximum absolute atomic E-state index is 12.2. The summed E-state index contributed by atoms with van der Waals surface area (Å²) in [7, 11) is 0. The normalized spacial score (nSPS) is 16.7. The topological polar surface area (TPSA) is 32.3 Å². The molecule has 18 heavy (non-hydrogen) atoms. The molecule has 1 N–H and O–H groups in total. The van der Waals surface area contributed by atoms with E-state index in [0.29, 0.717) is 0 Å². The van der Waals surface area contributed by atoms with Crippen molar-refractivity contribution in [3.63, 3.8) is 0 Å². The largest absolute Gasteiger partial charge is 0.325 e. The van der Waals surface area contributed by atoms with Crippen molar-refractivity contribution in [3.8, 4) is 0 Å². The monoisotopic (exact) mass is 246 g/mol. The summed E-state index contributed by atoms with van der Waals surface area (Å²) in [5.74, 6) is 0.745. The number of anilines is 1. The first-order chi connectivity index (χ1) is 8.58. The maximum Gasteiger partial charge on any atom is 0.321 e. The summed E-state index contributed by atoms with van der Waals surface area (Å²) in [4.78, 5) is 14.1. The summed E-state index contributed by atoms with van der Waals surface area (Å²) in [6.45, 7) is 8.10. The smallest absolute Gasteiger partial charge is 0.321 e. The Labute approximate surface area is 109 Å². The average Bonchev–Trinajstić information content (AvgIpc) is 2.36. The van der Waals surface area contributed by atoms with Gasteiger partial charge in [0.15, 0.2) is 0 Å². The van der Waals surface area contributed by atoms with Crippen LogP contribution in [0.25, 0.3) is 0 Å². The van der Waals surface area contributed by atoms with E-state index in [1.807, 2.05) is 24.0 Å². The van der Waals surface area contributed by atoms with Crippen LogP contribution in [0, 0.1) is 19.8 Å². The Balaban J connectivity index is 2.01. The molecule has 0 aliphatic carbocycles. The Morgan fingerprint density at radius 3 is 2.61 bits per heavy atom. The van der Waals surface area contributed by atoms with Gasteiger partial charge in [0.2, 0.25) is 0 Å². The second-order valence-corrected chi connectivity index (χ2v) is 5.35. The molecule has 1 aliphatic rings. The Morgan fingerprint density at radius 1 is 1.28 bits per heavy atom. The fourth-order valence-electron chi connectivity index (χ4n) is 2.29. The molecule has 1 saturated heterocycles. The van der Waals surface area contributed by atoms with Gasteiger partial charge in [-0.25, -0.2) is 4.79 Å². The van der Waals surface area contributed by atoms with Crippen LogP contribution in [-0.4, -0.2) is 24.0 Å². The van der Waals surface area contributed by atoms with Crippen molar-refractivity contribution >= 4 is 11.7 Å². The molecule has 0 atom stereocenters. The number of nitrogens with zero attached hydrogens (tertiary/aromatic N) is 1. The molecule has 3 heteroatoms. The lowest BCUT2D eigenvalue weighted by atomic mass is 10.00. The number of rotatable bonds is 1. The lowest BCUT2D eigenvalue weighted by molar-refractivity contribution is 0.186. The Morgan fingerprint density at radius 2 is 1.94 bits per heavy atom. The molecule has 2 rings (SSSR count). The van der Waals surface area contributed by atoms with Crippen LogP contribution in [0.2, 0.25) is 0 Å². The number of likely N-dealkylation sites (tertiary alicyclic amines) is 1. The van der Waals surface area contributed by atoms with E-state index in [-0.39, 0.29) is 6.03 Å². The zero-order valence-electron chi connectivity index (χ0n) is 11.5. The molecule has 1 heterocycles. The Kier molecular flexibility index (Phi) is 3.90. The summed E-state index contributed by atoms with van der Waals surface area (Å²) < 4.78 is 0. The van der Waals surface area contributed by atoms with Gasteiger partial charge in [-0.15, -0.1) is 0 Å². The second-order valence-electron chi connectivity index (χ2n) is 5.35. The summed E-state index contributed by atoms with van der Waals surface area (Å²) in [6.07, 6.45) is 2.22. The van der Waals surface area contributed by atoms with Gasteiger partial charge in [-0.3, -0.25) is 0 Å². The molecule has 0 radical (unpaired) electrons. The summed E-state index contributed by atoms with van der Waals surface area (Å²) in [6, 6.07) is 6.05. The molecule has 0 saturated carbocycles. The van der Waals surface area contributed by atoms with Crippen LogP contribution < -0.4 is 5.32 Å². The molecule has 0 unspecified atom stereocenters. The number of carbonyl (C=O) groups is 1. The standard InChI is InChI=1S/C15H22N2O/c1-11-7-9-17(10-8-11)15(18)16-14-6-4-5-12(2)13(14)3/h4-6,11H,7-10H2,1-3H3,(H,16,18). The van der Waals surface area contributed by atoms with Gasteiger partial charge < -0.3 is 10.2 Å². The van der Waals surface area contributed by atoms with Crippen LogP contribution in [0.15, 0.2) is 18.2 Å². The van der Waals surface area contributed by atoms with Crippen LogP contribution in [0.5, 0.6) is 0 Å². The predicted octanol–water partition coefficient (Wildman–Crippen LogP) is 3.57. The predicted molar refractivity (Wildman–Crippen MR) is 74.9 cm³/mol. The third-order valence-electron chi connectivity index (χ3n) is 3.92. The highest BCUT2D eigenvalue weighted by Crippen LogP contribution is 2.20. The molecule has 2 amide bonds. The molecular formula is C15H22N2O. The first-order valence-electron chi connectivity index (χ1n) is 6.70. The molecular weight excluding hydrogens is 224 g/mol. The van der Waals surface area contributed by atoms with Gasteiger partial charge in [0.25, 0.3) is 0 Å². The molecule has 0 bridgehead atoms. The number of aryl methyl sites for hydroxylation is 1. The highest BCUT2D eigenvalue weighted by molar-refractivity contribution is 5.90. The summed E-state index contributed by atoms with van der Waals surface area (Å²) in [5.41, 5.74) is 3.29. The van der Waals surface area contributed by atoms with E-state index < -0.39 is 0 Å². The van der Waals surface area contributed by atoms with Crippen LogP contribution in [0.3, 0.4) is 0 Å². The highest BCUT2D eigenvalue weighted by Gasteiger charge is 2.20. The molecule has 1 aromatic carbocycles. The minimum Gasteiger partial charge on any atom is -0.325 e. The fourth-order valence-corrected chi connectivity index (χ4v) is 2.29. The van der Waals surface area contributed by atoms with Crippen molar-refractivity contribution < 1.29 is 4.79 Å². The molecule has 0 aromatic heterocycles. The highest BCUT2D eigenvalue weighted by atomic mass is 16.2. The maximum atomic E-state index is 12.2. The fraction of sp³-hybridized carbons (Fsp3) is 0.533. The quantitative estimate of drug-likeness (QED) is 0.807. The van der Waals surface area contributed by atoms with Crippen molar-refractivity contribution in [1.82, 2.24) is 4.90 Å². The summed E-state index contributed by atoms with van der Waals surface area (Å²) in [5, 5.41) is 3.02. The number of piperidine rings is 1. The van der Waals surface area contributed by atoms with Gasteiger partial charge in [-0.2, -0.15) is 0 Å². The van der Waals surface area contributed by atoms with E-state index >= 15 is 0 Å². The molecule has 98 valence electrons. The Bertz CT molecular complexity index is 434. The van der Waals surface area contributed by atoms with Crippen LogP contribution >= 0.6 is 0 Å². The number of urea groups is 1. The van der Waals surface area contributed by atoms with Gasteiger partial charge in [0.1, 0.15) is 0 Å². The minimum atomic E-state index is 0.0376. The van der Waals surface area contributed by atoms with Crippen molar-refractivity contribution in [2.75, 3.05) is 18.4 Å². The first kappa shape index (κ1) is 12.9. The van der Waals surface area contributed by atoms with Gasteiger partial charge in [0, 0.05) is 18.8 Å². The first-order valence-corrected chi connectivity index (χ1v) is 6.70. The molecule has 0 spiro atoms. The average molecular weight is 246 g/mol. The zero-order valence-corrected chi connectivity index (χ0v) is 11.5. The van der Waals surface area contributed by atoms with Crippen LogP contribution in [0.4, 0.5) is 10.5 Å². The number of amides is 2. The van der Waals surface area contributed by atoms with Crippen LogP contribution in [0.1, 0.15) is 30.9 Å². The second kappa shape index (κ2) is 5.42.